The first-order chi connectivity index (χ1) is 11.6. The predicted octanol–water partition coefficient (Wildman–Crippen LogP) is 0.583. The van der Waals surface area contributed by atoms with E-state index in [0.29, 0.717) is 32.8 Å². The van der Waals surface area contributed by atoms with Crippen LogP contribution < -0.4 is 4.74 Å². The lowest BCUT2D eigenvalue weighted by atomic mass is 10.1. The number of carbonyl (C=O) groups is 2. The second-order valence-electron chi connectivity index (χ2n) is 6.08. The molecule has 7 nitrogen and oxygen atoms in total. The minimum Gasteiger partial charge on any atom is -0.492 e. The molecule has 1 amide bonds. The van der Waals surface area contributed by atoms with E-state index in [2.05, 4.69) is 0 Å². The number of nitrogens with zero attached hydrogens (tertiary/aromatic N) is 2. The van der Waals surface area contributed by atoms with E-state index >= 15 is 0 Å². The normalized spacial score (nSPS) is 21.5. The van der Waals surface area contributed by atoms with E-state index in [9.17, 15) is 9.59 Å². The molecule has 1 aromatic rings. The summed E-state index contributed by atoms with van der Waals surface area (Å²) >= 11 is 0. The van der Waals surface area contributed by atoms with Crippen LogP contribution in [0.25, 0.3) is 0 Å². The SMILES string of the molecule is O=C(O)CC1COCCN1C(=O)CN1CCOc2ccccc2C1. The van der Waals surface area contributed by atoms with Gasteiger partial charge in [0.25, 0.3) is 0 Å². The van der Waals surface area contributed by atoms with Crippen molar-refractivity contribution in [2.45, 2.75) is 19.0 Å². The van der Waals surface area contributed by atoms with Crippen LogP contribution in [0.3, 0.4) is 0 Å². The summed E-state index contributed by atoms with van der Waals surface area (Å²) in [5.41, 5.74) is 1.06. The van der Waals surface area contributed by atoms with E-state index in [1.807, 2.05) is 29.2 Å². The monoisotopic (exact) mass is 334 g/mol. The van der Waals surface area contributed by atoms with Gasteiger partial charge in [0.2, 0.25) is 5.91 Å². The van der Waals surface area contributed by atoms with E-state index in [0.717, 1.165) is 11.3 Å². The van der Waals surface area contributed by atoms with Gasteiger partial charge in [-0.3, -0.25) is 14.5 Å². The molecule has 2 heterocycles. The van der Waals surface area contributed by atoms with Gasteiger partial charge in [-0.05, 0) is 6.07 Å². The number of benzene rings is 1. The van der Waals surface area contributed by atoms with E-state index in [4.69, 9.17) is 14.6 Å². The first-order valence-corrected chi connectivity index (χ1v) is 8.15. The van der Waals surface area contributed by atoms with Crippen molar-refractivity contribution in [3.8, 4) is 5.75 Å². The van der Waals surface area contributed by atoms with Gasteiger partial charge in [0.1, 0.15) is 12.4 Å². The summed E-state index contributed by atoms with van der Waals surface area (Å²) in [6, 6.07) is 7.44. The fraction of sp³-hybridized carbons (Fsp3) is 0.529. The first kappa shape index (κ1) is 16.7. The average Bonchev–Trinajstić information content (AvgIpc) is 2.76. The lowest BCUT2D eigenvalue weighted by Crippen LogP contribution is -2.52. The highest BCUT2D eigenvalue weighted by Gasteiger charge is 2.30. The number of hydrogen-bond donors (Lipinski definition) is 1. The van der Waals surface area contributed by atoms with Crippen molar-refractivity contribution in [3.05, 3.63) is 29.8 Å². The Bertz CT molecular complexity index is 606. The Morgan fingerprint density at radius 1 is 1.21 bits per heavy atom. The number of hydrogen-bond acceptors (Lipinski definition) is 5. The number of aliphatic carboxylic acids is 1. The largest absolute Gasteiger partial charge is 0.492 e. The Hall–Kier alpha value is -2.12. The van der Waals surface area contributed by atoms with Crippen LogP contribution in [0.15, 0.2) is 24.3 Å². The van der Waals surface area contributed by atoms with Crippen LogP contribution in [0.2, 0.25) is 0 Å². The molecule has 3 rings (SSSR count). The van der Waals surface area contributed by atoms with Crippen molar-refractivity contribution in [1.82, 2.24) is 9.80 Å². The number of para-hydroxylation sites is 1. The lowest BCUT2D eigenvalue weighted by Gasteiger charge is -2.36. The molecule has 0 spiro atoms. The van der Waals surface area contributed by atoms with Crippen LogP contribution in [-0.2, 0) is 20.9 Å². The van der Waals surface area contributed by atoms with Gasteiger partial charge in [0.15, 0.2) is 0 Å². The highest BCUT2D eigenvalue weighted by Crippen LogP contribution is 2.22. The van der Waals surface area contributed by atoms with Gasteiger partial charge < -0.3 is 19.5 Å². The molecule has 0 radical (unpaired) electrons. The molecule has 1 aromatic carbocycles. The number of ether oxygens (including phenoxy) is 2. The Kier molecular flexibility index (Phi) is 5.32. The summed E-state index contributed by atoms with van der Waals surface area (Å²) in [6.45, 7) is 3.28. The molecule has 0 bridgehead atoms. The molecular formula is C17H22N2O5. The molecule has 1 fully saturated rings. The number of carboxylic acids is 1. The minimum atomic E-state index is -0.916. The molecule has 1 N–H and O–H groups in total. The third-order valence-corrected chi connectivity index (χ3v) is 4.35. The predicted molar refractivity (Wildman–Crippen MR) is 85.8 cm³/mol. The molecule has 0 aromatic heterocycles. The van der Waals surface area contributed by atoms with Gasteiger partial charge in [-0.1, -0.05) is 18.2 Å². The number of carboxylic acid groups (broad SMARTS) is 1. The Labute approximate surface area is 140 Å². The maximum atomic E-state index is 12.7. The molecule has 7 heteroatoms. The van der Waals surface area contributed by atoms with Crippen molar-refractivity contribution in [2.75, 3.05) is 39.5 Å². The number of rotatable bonds is 4. The third kappa shape index (κ3) is 4.04. The fourth-order valence-corrected chi connectivity index (χ4v) is 3.15. The van der Waals surface area contributed by atoms with Gasteiger partial charge in [0.05, 0.1) is 32.2 Å². The van der Waals surface area contributed by atoms with Crippen LogP contribution in [0, 0.1) is 0 Å². The van der Waals surface area contributed by atoms with E-state index in [1.165, 1.54) is 0 Å². The number of carbonyl (C=O) groups excluding carboxylic acids is 1. The standard InChI is InChI=1S/C17H22N2O5/c20-16(19-6-7-23-12-14(19)9-17(21)22)11-18-5-8-24-15-4-2-1-3-13(15)10-18/h1-4,14H,5-12H2,(H,21,22). The molecule has 1 saturated heterocycles. The zero-order valence-electron chi connectivity index (χ0n) is 13.5. The van der Waals surface area contributed by atoms with Crippen molar-refractivity contribution in [2.24, 2.45) is 0 Å². The van der Waals surface area contributed by atoms with Gasteiger partial charge >= 0.3 is 5.97 Å². The minimum absolute atomic E-state index is 0.0519. The zero-order valence-corrected chi connectivity index (χ0v) is 13.5. The summed E-state index contributed by atoms with van der Waals surface area (Å²) < 4.78 is 11.0. The fourth-order valence-electron chi connectivity index (χ4n) is 3.15. The Morgan fingerprint density at radius 3 is 2.88 bits per heavy atom. The summed E-state index contributed by atoms with van der Waals surface area (Å²) in [5, 5.41) is 9.01. The number of morpholine rings is 1. The molecule has 130 valence electrons. The van der Waals surface area contributed by atoms with Crippen LogP contribution >= 0.6 is 0 Å². The summed E-state index contributed by atoms with van der Waals surface area (Å²) in [4.78, 5) is 27.4. The third-order valence-electron chi connectivity index (χ3n) is 4.35. The Morgan fingerprint density at radius 2 is 2.04 bits per heavy atom. The van der Waals surface area contributed by atoms with Gasteiger partial charge in [0, 0.05) is 25.2 Å². The van der Waals surface area contributed by atoms with Crippen molar-refractivity contribution in [1.29, 1.82) is 0 Å². The first-order valence-electron chi connectivity index (χ1n) is 8.15. The van der Waals surface area contributed by atoms with Crippen LogP contribution in [0.5, 0.6) is 5.75 Å². The summed E-state index contributed by atoms with van der Waals surface area (Å²) in [6.07, 6.45) is -0.0856. The lowest BCUT2D eigenvalue weighted by molar-refractivity contribution is -0.147. The molecule has 0 aliphatic carbocycles. The highest BCUT2D eigenvalue weighted by atomic mass is 16.5. The second kappa shape index (κ2) is 7.63. The highest BCUT2D eigenvalue weighted by molar-refractivity contribution is 5.79. The maximum Gasteiger partial charge on any atom is 0.305 e. The van der Waals surface area contributed by atoms with E-state index in [-0.39, 0.29) is 31.5 Å². The van der Waals surface area contributed by atoms with Crippen molar-refractivity contribution in [3.63, 3.8) is 0 Å². The maximum absolute atomic E-state index is 12.7. The van der Waals surface area contributed by atoms with Crippen molar-refractivity contribution < 1.29 is 24.2 Å². The number of amides is 1. The van der Waals surface area contributed by atoms with Gasteiger partial charge in [-0.25, -0.2) is 0 Å². The topological polar surface area (TPSA) is 79.3 Å². The molecule has 2 aliphatic heterocycles. The average molecular weight is 334 g/mol. The molecule has 2 aliphatic rings. The van der Waals surface area contributed by atoms with Gasteiger partial charge in [-0.15, -0.1) is 0 Å². The second-order valence-corrected chi connectivity index (χ2v) is 6.08. The van der Waals surface area contributed by atoms with E-state index < -0.39 is 5.97 Å². The molecule has 24 heavy (non-hydrogen) atoms. The molecule has 1 atom stereocenters. The molecular weight excluding hydrogens is 312 g/mol. The molecule has 1 unspecified atom stereocenters. The van der Waals surface area contributed by atoms with Crippen LogP contribution in [0.4, 0.5) is 0 Å². The smallest absolute Gasteiger partial charge is 0.305 e. The Balaban J connectivity index is 1.64. The van der Waals surface area contributed by atoms with Crippen LogP contribution in [-0.4, -0.2) is 72.3 Å². The van der Waals surface area contributed by atoms with Gasteiger partial charge in [-0.2, -0.15) is 0 Å². The summed E-state index contributed by atoms with van der Waals surface area (Å²) in [5.74, 6) is -0.105. The summed E-state index contributed by atoms with van der Waals surface area (Å²) in [7, 11) is 0. The van der Waals surface area contributed by atoms with Crippen molar-refractivity contribution >= 4 is 11.9 Å². The zero-order chi connectivity index (χ0) is 16.9. The number of fused-ring (bicyclic) bond motifs is 1. The van der Waals surface area contributed by atoms with Crippen LogP contribution in [0.1, 0.15) is 12.0 Å². The quantitative estimate of drug-likeness (QED) is 0.868. The van der Waals surface area contributed by atoms with E-state index in [1.54, 1.807) is 4.90 Å². The molecule has 0 saturated carbocycles.